The van der Waals surface area contributed by atoms with Crippen LogP contribution in [-0.2, 0) is 14.3 Å². The molecule has 35 heavy (non-hydrogen) atoms. The zero-order valence-electron chi connectivity index (χ0n) is 19.6. The maximum Gasteiger partial charge on any atom is 0.233 e. The van der Waals surface area contributed by atoms with Crippen LogP contribution in [0.25, 0.3) is 10.2 Å². The molecule has 4 heterocycles. The van der Waals surface area contributed by atoms with Gasteiger partial charge in [0, 0.05) is 66.9 Å². The number of carbonyl (C=O) groups is 2. The van der Waals surface area contributed by atoms with E-state index in [2.05, 4.69) is 22.5 Å². The fourth-order valence-electron chi connectivity index (χ4n) is 4.48. The summed E-state index contributed by atoms with van der Waals surface area (Å²) >= 11 is 1.74. The van der Waals surface area contributed by atoms with E-state index in [0.717, 1.165) is 74.8 Å². The number of benzene rings is 1. The van der Waals surface area contributed by atoms with Crippen LogP contribution in [0.15, 0.2) is 22.5 Å². The van der Waals surface area contributed by atoms with Gasteiger partial charge in [0.15, 0.2) is 4.34 Å². The van der Waals surface area contributed by atoms with Crippen molar-refractivity contribution in [3.8, 4) is 0 Å². The first kappa shape index (κ1) is 26.0. The zero-order chi connectivity index (χ0) is 24.0. The Hall–Kier alpha value is -0.630. The standard InChI is InChI=1S/C23H30N4O3S5/c28-20-9-2-1-3-11-26(20)34-35-27-16-17(6-4-10-21(27)29)18-7-5-8-19-22(18)24-23(31-19)32-33-25-12-14-30-15-13-25/h5,7-8,17H,1-4,6,9-16H2. The molecular weight excluding hydrogens is 541 g/mol. The van der Waals surface area contributed by atoms with Crippen molar-refractivity contribution >= 4 is 77.1 Å². The van der Waals surface area contributed by atoms with E-state index in [1.54, 1.807) is 33.1 Å². The molecule has 0 N–H and O–H groups in total. The van der Waals surface area contributed by atoms with Crippen LogP contribution in [0.1, 0.15) is 56.4 Å². The quantitative estimate of drug-likeness (QED) is 0.295. The summed E-state index contributed by atoms with van der Waals surface area (Å²) in [4.78, 5) is 30.3. The molecule has 0 saturated carbocycles. The number of amides is 2. The predicted molar refractivity (Wildman–Crippen MR) is 149 cm³/mol. The van der Waals surface area contributed by atoms with Gasteiger partial charge in [-0.2, -0.15) is 0 Å². The first-order chi connectivity index (χ1) is 17.2. The number of hydrogen-bond donors (Lipinski definition) is 0. The molecule has 1 unspecified atom stereocenters. The second-order valence-electron chi connectivity index (χ2n) is 8.87. The number of rotatable bonds is 7. The minimum atomic E-state index is 0.163. The van der Waals surface area contributed by atoms with E-state index in [9.17, 15) is 9.59 Å². The Labute approximate surface area is 226 Å². The molecule has 0 radical (unpaired) electrons. The highest BCUT2D eigenvalue weighted by atomic mass is 33.1. The number of fused-ring (bicyclic) bond motifs is 1. The molecule has 5 rings (SSSR count). The molecule has 0 spiro atoms. The minimum absolute atomic E-state index is 0.163. The number of ether oxygens (including phenoxy) is 1. The van der Waals surface area contributed by atoms with Gasteiger partial charge in [0.2, 0.25) is 11.8 Å². The van der Waals surface area contributed by atoms with Crippen molar-refractivity contribution in [2.24, 2.45) is 0 Å². The van der Waals surface area contributed by atoms with Gasteiger partial charge in [-0.15, -0.1) is 11.3 Å². The van der Waals surface area contributed by atoms with Crippen LogP contribution < -0.4 is 0 Å². The summed E-state index contributed by atoms with van der Waals surface area (Å²) in [6, 6.07) is 6.45. The van der Waals surface area contributed by atoms with Gasteiger partial charge in [0.25, 0.3) is 0 Å². The maximum absolute atomic E-state index is 12.9. The fraction of sp³-hybridized carbons (Fsp3) is 0.609. The molecule has 1 aromatic carbocycles. The average molecular weight is 571 g/mol. The fourth-order valence-corrected chi connectivity index (χ4v) is 10.2. The third-order valence-electron chi connectivity index (χ3n) is 6.41. The van der Waals surface area contributed by atoms with Crippen LogP contribution in [0.3, 0.4) is 0 Å². The number of hydrogen-bond acceptors (Lipinski definition) is 10. The molecule has 1 aromatic heterocycles. The Kier molecular flexibility index (Phi) is 9.47. The smallest absolute Gasteiger partial charge is 0.233 e. The SMILES string of the molecule is O=C1CCCCCN1SSN1CC(c2cccc3sc(SSN4CCOCC4)nc23)CCCC1=O. The van der Waals surface area contributed by atoms with Gasteiger partial charge in [-0.05, 0) is 59.1 Å². The van der Waals surface area contributed by atoms with E-state index in [1.807, 2.05) is 8.61 Å². The highest BCUT2D eigenvalue weighted by Crippen LogP contribution is 2.42. The molecule has 3 saturated heterocycles. The molecule has 3 fully saturated rings. The van der Waals surface area contributed by atoms with Gasteiger partial charge in [-0.25, -0.2) is 9.29 Å². The van der Waals surface area contributed by atoms with Crippen molar-refractivity contribution in [3.63, 3.8) is 0 Å². The number of thiazole rings is 1. The maximum atomic E-state index is 12.9. The van der Waals surface area contributed by atoms with E-state index < -0.39 is 0 Å². The summed E-state index contributed by atoms with van der Waals surface area (Å²) in [5.41, 5.74) is 2.31. The highest BCUT2D eigenvalue weighted by molar-refractivity contribution is 8.76. The lowest BCUT2D eigenvalue weighted by Gasteiger charge is -2.26. The lowest BCUT2D eigenvalue weighted by atomic mass is 9.94. The lowest BCUT2D eigenvalue weighted by Crippen LogP contribution is -2.30. The normalized spacial score (nSPS) is 23.0. The van der Waals surface area contributed by atoms with E-state index >= 15 is 0 Å². The molecule has 2 aromatic rings. The molecule has 0 bridgehead atoms. The van der Waals surface area contributed by atoms with Gasteiger partial charge in [-0.1, -0.05) is 18.6 Å². The lowest BCUT2D eigenvalue weighted by molar-refractivity contribution is -0.126. The first-order valence-electron chi connectivity index (χ1n) is 12.2. The monoisotopic (exact) mass is 570 g/mol. The van der Waals surface area contributed by atoms with E-state index in [4.69, 9.17) is 9.72 Å². The number of nitrogens with zero attached hydrogens (tertiary/aromatic N) is 4. The van der Waals surface area contributed by atoms with Crippen molar-refractivity contribution in [2.75, 3.05) is 39.4 Å². The van der Waals surface area contributed by atoms with Gasteiger partial charge in [0.1, 0.15) is 0 Å². The number of morpholine rings is 1. The van der Waals surface area contributed by atoms with E-state index in [1.165, 1.54) is 32.2 Å². The largest absolute Gasteiger partial charge is 0.379 e. The Morgan fingerprint density at radius 2 is 1.71 bits per heavy atom. The van der Waals surface area contributed by atoms with Crippen LogP contribution in [0.5, 0.6) is 0 Å². The van der Waals surface area contributed by atoms with Crippen molar-refractivity contribution < 1.29 is 14.3 Å². The van der Waals surface area contributed by atoms with Crippen molar-refractivity contribution in [3.05, 3.63) is 23.8 Å². The van der Waals surface area contributed by atoms with E-state index in [0.29, 0.717) is 19.4 Å². The van der Waals surface area contributed by atoms with Gasteiger partial charge < -0.3 is 4.74 Å². The van der Waals surface area contributed by atoms with Gasteiger partial charge >= 0.3 is 0 Å². The highest BCUT2D eigenvalue weighted by Gasteiger charge is 2.29. The second-order valence-corrected chi connectivity index (χ2v) is 14.4. The summed E-state index contributed by atoms with van der Waals surface area (Å²) in [5.74, 6) is 0.590. The van der Waals surface area contributed by atoms with Crippen molar-refractivity contribution in [2.45, 2.75) is 55.2 Å². The number of carbonyl (C=O) groups excluding carboxylic acids is 2. The summed E-state index contributed by atoms with van der Waals surface area (Å²) in [6.07, 6.45) is 6.12. The molecule has 3 aliphatic rings. The summed E-state index contributed by atoms with van der Waals surface area (Å²) < 4.78 is 13.8. The van der Waals surface area contributed by atoms with Gasteiger partial charge in [-0.3, -0.25) is 18.2 Å². The van der Waals surface area contributed by atoms with Crippen molar-refractivity contribution in [1.29, 1.82) is 0 Å². The van der Waals surface area contributed by atoms with E-state index in [-0.39, 0.29) is 17.7 Å². The number of para-hydroxylation sites is 1. The molecule has 7 nitrogen and oxygen atoms in total. The topological polar surface area (TPSA) is 66.0 Å². The third kappa shape index (κ3) is 6.82. The Balaban J connectivity index is 1.27. The Morgan fingerprint density at radius 3 is 2.60 bits per heavy atom. The molecule has 1 atom stereocenters. The van der Waals surface area contributed by atoms with Crippen LogP contribution in [0, 0.1) is 0 Å². The molecule has 2 amide bonds. The van der Waals surface area contributed by atoms with Gasteiger partial charge in [0.05, 0.1) is 23.4 Å². The number of aromatic nitrogens is 1. The van der Waals surface area contributed by atoms with Crippen LogP contribution >= 0.6 is 55.1 Å². The molecule has 12 heteroatoms. The summed E-state index contributed by atoms with van der Waals surface area (Å²) in [6.45, 7) is 4.88. The van der Waals surface area contributed by atoms with Crippen LogP contribution in [-0.4, -0.2) is 69.1 Å². The first-order valence-corrected chi connectivity index (χ1v) is 17.2. The average Bonchev–Trinajstić information content (AvgIpc) is 3.07. The summed E-state index contributed by atoms with van der Waals surface area (Å²) in [7, 11) is 6.36. The predicted octanol–water partition coefficient (Wildman–Crippen LogP) is 5.99. The zero-order valence-corrected chi connectivity index (χ0v) is 23.6. The molecule has 3 aliphatic heterocycles. The second kappa shape index (κ2) is 12.7. The van der Waals surface area contributed by atoms with Crippen molar-refractivity contribution in [1.82, 2.24) is 17.9 Å². The molecular formula is C23H30N4O3S5. The Bertz CT molecular complexity index is 1030. The molecule has 190 valence electrons. The molecule has 0 aliphatic carbocycles. The summed E-state index contributed by atoms with van der Waals surface area (Å²) in [5, 5.41) is 0. The minimum Gasteiger partial charge on any atom is -0.379 e. The van der Waals surface area contributed by atoms with Crippen LogP contribution in [0.4, 0.5) is 0 Å². The van der Waals surface area contributed by atoms with Crippen LogP contribution in [0.2, 0.25) is 0 Å². The Morgan fingerprint density at radius 1 is 0.914 bits per heavy atom. The third-order valence-corrected chi connectivity index (χ3v) is 12.7.